The molecular formula is C21H34O2. The molecule has 130 valence electrons. The van der Waals surface area contributed by atoms with Gasteiger partial charge in [0.1, 0.15) is 0 Å². The maximum atomic E-state index is 11.1. The van der Waals surface area contributed by atoms with Gasteiger partial charge in [0.2, 0.25) is 0 Å². The summed E-state index contributed by atoms with van der Waals surface area (Å²) in [4.78, 5) is 0. The van der Waals surface area contributed by atoms with E-state index >= 15 is 0 Å². The van der Waals surface area contributed by atoms with Crippen LogP contribution in [0.5, 0.6) is 0 Å². The highest BCUT2D eigenvalue weighted by Gasteiger charge is 2.63. The zero-order valence-corrected chi connectivity index (χ0v) is 14.9. The Kier molecular flexibility index (Phi) is 3.57. The van der Waals surface area contributed by atoms with Crippen molar-refractivity contribution in [1.29, 1.82) is 0 Å². The fraction of sp³-hybridized carbons (Fsp3) is 0.905. The molecule has 4 rings (SSSR count). The summed E-state index contributed by atoms with van der Waals surface area (Å²) in [5, 5.41) is 21.2. The molecule has 0 saturated heterocycles. The average Bonchev–Trinajstić information content (AvgIpc) is 2.80. The lowest BCUT2D eigenvalue weighted by atomic mass is 9.44. The monoisotopic (exact) mass is 318 g/mol. The van der Waals surface area contributed by atoms with Gasteiger partial charge in [0.05, 0.1) is 11.7 Å². The van der Waals surface area contributed by atoms with Gasteiger partial charge in [0.15, 0.2) is 0 Å². The Labute approximate surface area is 141 Å². The Balaban J connectivity index is 1.64. The number of hydrogen-bond donors (Lipinski definition) is 2. The maximum Gasteiger partial charge on any atom is 0.0881 e. The largest absolute Gasteiger partial charge is 0.393 e. The Bertz CT molecular complexity index is 502. The summed E-state index contributed by atoms with van der Waals surface area (Å²) in [5.41, 5.74) is -0.186. The Morgan fingerprint density at radius 1 is 0.957 bits per heavy atom. The smallest absolute Gasteiger partial charge is 0.0881 e. The first kappa shape index (κ1) is 16.1. The van der Waals surface area contributed by atoms with Crippen LogP contribution in [0.1, 0.15) is 71.6 Å². The minimum absolute atomic E-state index is 0.0350. The van der Waals surface area contributed by atoms with E-state index in [0.29, 0.717) is 11.3 Å². The molecule has 0 spiro atoms. The van der Waals surface area contributed by atoms with Crippen molar-refractivity contribution >= 4 is 0 Å². The minimum atomic E-state index is -0.650. The zero-order chi connectivity index (χ0) is 16.5. The molecule has 0 aliphatic heterocycles. The molecule has 0 amide bonds. The third-order valence-electron chi connectivity index (χ3n) is 9.19. The summed E-state index contributed by atoms with van der Waals surface area (Å²) in [6.07, 6.45) is 12.1. The molecule has 2 nitrogen and oxygen atoms in total. The van der Waals surface area contributed by atoms with Gasteiger partial charge in [-0.15, -0.1) is 6.58 Å². The van der Waals surface area contributed by atoms with E-state index in [4.69, 9.17) is 0 Å². The van der Waals surface area contributed by atoms with Crippen molar-refractivity contribution in [2.75, 3.05) is 0 Å². The molecule has 23 heavy (non-hydrogen) atoms. The molecule has 2 N–H and O–H groups in total. The van der Waals surface area contributed by atoms with Crippen molar-refractivity contribution < 1.29 is 10.2 Å². The minimum Gasteiger partial charge on any atom is -0.393 e. The number of hydrogen-bond acceptors (Lipinski definition) is 2. The van der Waals surface area contributed by atoms with Gasteiger partial charge in [-0.2, -0.15) is 0 Å². The predicted molar refractivity (Wildman–Crippen MR) is 92.9 cm³/mol. The molecule has 0 aromatic rings. The zero-order valence-electron chi connectivity index (χ0n) is 14.9. The highest BCUT2D eigenvalue weighted by Crippen LogP contribution is 2.68. The van der Waals surface area contributed by atoms with Gasteiger partial charge in [0, 0.05) is 5.41 Å². The second-order valence-corrected chi connectivity index (χ2v) is 9.71. The topological polar surface area (TPSA) is 40.5 Å². The molecule has 0 aromatic heterocycles. The highest BCUT2D eigenvalue weighted by atomic mass is 16.3. The lowest BCUT2D eigenvalue weighted by Gasteiger charge is -2.61. The Hall–Kier alpha value is -0.340. The third-order valence-corrected chi connectivity index (χ3v) is 9.19. The van der Waals surface area contributed by atoms with E-state index in [-0.39, 0.29) is 11.5 Å². The van der Waals surface area contributed by atoms with Gasteiger partial charge >= 0.3 is 0 Å². The van der Waals surface area contributed by atoms with Gasteiger partial charge in [-0.1, -0.05) is 19.9 Å². The van der Waals surface area contributed by atoms with E-state index in [1.54, 1.807) is 0 Å². The van der Waals surface area contributed by atoms with Gasteiger partial charge in [-0.3, -0.25) is 0 Å². The summed E-state index contributed by atoms with van der Waals surface area (Å²) < 4.78 is 0. The quantitative estimate of drug-likeness (QED) is 0.707. The van der Waals surface area contributed by atoms with Crippen LogP contribution in [-0.4, -0.2) is 21.9 Å². The van der Waals surface area contributed by atoms with E-state index in [0.717, 1.165) is 43.4 Å². The van der Waals surface area contributed by atoms with E-state index in [1.165, 1.54) is 32.1 Å². The van der Waals surface area contributed by atoms with Crippen LogP contribution in [0.3, 0.4) is 0 Å². The first-order chi connectivity index (χ1) is 10.8. The van der Waals surface area contributed by atoms with Crippen molar-refractivity contribution in [3.63, 3.8) is 0 Å². The molecular weight excluding hydrogens is 284 g/mol. The van der Waals surface area contributed by atoms with Crippen LogP contribution in [0.4, 0.5) is 0 Å². The lowest BCUT2D eigenvalue weighted by molar-refractivity contribution is -0.146. The summed E-state index contributed by atoms with van der Waals surface area (Å²) in [7, 11) is 0. The standard InChI is InChI=1S/C21H34O2/c1-4-21(23)12-9-18-16-6-5-14-13-15(22)7-10-19(14,2)17(16)8-11-20(18,21)3/h4,14-18,22-23H,1,5-13H2,2-3H3/t14?,15?,16-,17-,18+,19+,20+,21?/m1/s1. The van der Waals surface area contributed by atoms with E-state index in [1.807, 2.05) is 6.08 Å². The average molecular weight is 319 g/mol. The van der Waals surface area contributed by atoms with E-state index in [2.05, 4.69) is 20.4 Å². The number of aliphatic hydroxyl groups excluding tert-OH is 1. The molecule has 3 unspecified atom stereocenters. The molecule has 0 radical (unpaired) electrons. The van der Waals surface area contributed by atoms with Gasteiger partial charge < -0.3 is 10.2 Å². The van der Waals surface area contributed by atoms with Gasteiger partial charge in [0.25, 0.3) is 0 Å². The first-order valence-corrected chi connectivity index (χ1v) is 9.88. The fourth-order valence-electron chi connectivity index (χ4n) is 7.62. The van der Waals surface area contributed by atoms with Crippen LogP contribution in [0, 0.1) is 34.5 Å². The van der Waals surface area contributed by atoms with Crippen LogP contribution < -0.4 is 0 Å². The lowest BCUT2D eigenvalue weighted by Crippen LogP contribution is -2.56. The molecule has 4 aliphatic carbocycles. The molecule has 0 bridgehead atoms. The molecule has 8 atom stereocenters. The van der Waals surface area contributed by atoms with Crippen molar-refractivity contribution in [1.82, 2.24) is 0 Å². The van der Waals surface area contributed by atoms with Crippen LogP contribution >= 0.6 is 0 Å². The van der Waals surface area contributed by atoms with Gasteiger partial charge in [-0.25, -0.2) is 0 Å². The summed E-state index contributed by atoms with van der Waals surface area (Å²) in [6.45, 7) is 8.82. The highest BCUT2D eigenvalue weighted by molar-refractivity contribution is 5.18. The number of aliphatic hydroxyl groups is 2. The molecule has 0 aromatic carbocycles. The van der Waals surface area contributed by atoms with Crippen molar-refractivity contribution in [3.8, 4) is 0 Å². The van der Waals surface area contributed by atoms with Crippen LogP contribution in [0.25, 0.3) is 0 Å². The van der Waals surface area contributed by atoms with Crippen molar-refractivity contribution in [2.45, 2.75) is 83.3 Å². The summed E-state index contributed by atoms with van der Waals surface area (Å²) in [5.74, 6) is 2.96. The second-order valence-electron chi connectivity index (χ2n) is 9.71. The number of rotatable bonds is 1. The maximum absolute atomic E-state index is 11.1. The van der Waals surface area contributed by atoms with E-state index < -0.39 is 5.60 Å². The second kappa shape index (κ2) is 5.08. The summed E-state index contributed by atoms with van der Waals surface area (Å²) >= 11 is 0. The number of fused-ring (bicyclic) bond motifs is 5. The van der Waals surface area contributed by atoms with Crippen LogP contribution in [0.15, 0.2) is 12.7 Å². The Morgan fingerprint density at radius 2 is 1.70 bits per heavy atom. The SMILES string of the molecule is C=CC1(O)CC[C@H]2[C@@H]3CCC4CC(O)CC[C@]4(C)[C@@H]3CC[C@@]21C. The third kappa shape index (κ3) is 2.00. The van der Waals surface area contributed by atoms with Crippen molar-refractivity contribution in [2.24, 2.45) is 34.5 Å². The molecule has 4 fully saturated rings. The van der Waals surface area contributed by atoms with Gasteiger partial charge in [-0.05, 0) is 86.9 Å². The molecule has 4 aliphatic rings. The first-order valence-electron chi connectivity index (χ1n) is 9.88. The van der Waals surface area contributed by atoms with Crippen LogP contribution in [0.2, 0.25) is 0 Å². The Morgan fingerprint density at radius 3 is 2.43 bits per heavy atom. The predicted octanol–water partition coefficient (Wildman–Crippen LogP) is 4.31. The van der Waals surface area contributed by atoms with Crippen molar-refractivity contribution in [3.05, 3.63) is 12.7 Å². The van der Waals surface area contributed by atoms with E-state index in [9.17, 15) is 10.2 Å². The van der Waals surface area contributed by atoms with Crippen LogP contribution in [-0.2, 0) is 0 Å². The molecule has 0 heterocycles. The fourth-order valence-corrected chi connectivity index (χ4v) is 7.62. The molecule has 2 heteroatoms. The molecule has 4 saturated carbocycles. The normalized spacial score (nSPS) is 58.9. The summed E-state index contributed by atoms with van der Waals surface area (Å²) in [6, 6.07) is 0.